The second kappa shape index (κ2) is 10.7. The van der Waals surface area contributed by atoms with Crippen molar-refractivity contribution in [1.82, 2.24) is 25.5 Å². The first-order valence-corrected chi connectivity index (χ1v) is 10.5. The van der Waals surface area contributed by atoms with Crippen LogP contribution < -0.4 is 25.4 Å². The van der Waals surface area contributed by atoms with Crippen molar-refractivity contribution >= 4 is 11.9 Å². The molecule has 1 heterocycles. The van der Waals surface area contributed by atoms with Crippen LogP contribution in [0.15, 0.2) is 30.6 Å². The van der Waals surface area contributed by atoms with E-state index in [0.717, 1.165) is 31.2 Å². The fourth-order valence-corrected chi connectivity index (χ4v) is 3.79. The molecule has 1 atom stereocenters. The lowest BCUT2D eigenvalue weighted by Gasteiger charge is -2.21. The maximum absolute atomic E-state index is 12.6. The Kier molecular flexibility index (Phi) is 7.75. The zero-order chi connectivity index (χ0) is 22.2. The second-order valence-corrected chi connectivity index (χ2v) is 7.67. The smallest absolute Gasteiger partial charge is 0.315 e. The summed E-state index contributed by atoms with van der Waals surface area (Å²) in [5.74, 6) is 1.84. The van der Waals surface area contributed by atoms with Crippen LogP contribution in [0.2, 0.25) is 0 Å². The van der Waals surface area contributed by atoms with E-state index in [9.17, 15) is 9.59 Å². The van der Waals surface area contributed by atoms with Gasteiger partial charge in [0, 0.05) is 44.5 Å². The molecule has 1 saturated carbocycles. The van der Waals surface area contributed by atoms with Crippen LogP contribution in [0, 0.1) is 0 Å². The van der Waals surface area contributed by atoms with Gasteiger partial charge in [0.15, 0.2) is 0 Å². The van der Waals surface area contributed by atoms with Crippen molar-refractivity contribution in [2.75, 3.05) is 20.8 Å². The van der Waals surface area contributed by atoms with Crippen LogP contribution in [0.1, 0.15) is 49.5 Å². The zero-order valence-corrected chi connectivity index (χ0v) is 18.3. The lowest BCUT2D eigenvalue weighted by atomic mass is 10.1. The molecule has 1 aliphatic rings. The van der Waals surface area contributed by atoms with E-state index < -0.39 is 6.04 Å². The minimum Gasteiger partial charge on any atom is -0.497 e. The molecule has 0 bridgehead atoms. The number of hydrogen-bond donors (Lipinski definition) is 3. The quantitative estimate of drug-likeness (QED) is 0.567. The number of aryl methyl sites for hydroxylation is 1. The first kappa shape index (κ1) is 22.5. The minimum atomic E-state index is -0.531. The van der Waals surface area contributed by atoms with E-state index in [1.54, 1.807) is 26.5 Å². The third-order valence-electron chi connectivity index (χ3n) is 5.46. The number of imidazole rings is 1. The Labute approximate surface area is 182 Å². The molecule has 3 amide bonds. The Balaban J connectivity index is 1.64. The molecule has 3 N–H and O–H groups in total. The highest BCUT2D eigenvalue weighted by Gasteiger charge is 2.23. The lowest BCUT2D eigenvalue weighted by molar-refractivity contribution is -0.121. The van der Waals surface area contributed by atoms with Crippen LogP contribution in [-0.4, -0.2) is 48.3 Å². The average Bonchev–Trinajstić information content (AvgIpc) is 3.43. The highest BCUT2D eigenvalue weighted by atomic mass is 16.5. The van der Waals surface area contributed by atoms with Crippen molar-refractivity contribution in [3.8, 4) is 11.5 Å². The summed E-state index contributed by atoms with van der Waals surface area (Å²) in [6, 6.07) is 4.79. The number of urea groups is 1. The van der Waals surface area contributed by atoms with Gasteiger partial charge in [0.25, 0.3) is 0 Å². The van der Waals surface area contributed by atoms with Gasteiger partial charge in [-0.2, -0.15) is 0 Å². The summed E-state index contributed by atoms with van der Waals surface area (Å²) in [5, 5.41) is 8.74. The normalized spacial score (nSPS) is 14.7. The van der Waals surface area contributed by atoms with Crippen LogP contribution in [0.25, 0.3) is 0 Å². The molecule has 0 radical (unpaired) electrons. The Morgan fingerprint density at radius 1 is 1.16 bits per heavy atom. The van der Waals surface area contributed by atoms with Crippen molar-refractivity contribution < 1.29 is 19.1 Å². The number of ether oxygens (including phenoxy) is 2. The molecule has 1 aromatic heterocycles. The van der Waals surface area contributed by atoms with E-state index in [1.165, 1.54) is 0 Å². The Hall–Kier alpha value is -3.23. The summed E-state index contributed by atoms with van der Waals surface area (Å²) in [7, 11) is 5.01. The van der Waals surface area contributed by atoms with E-state index >= 15 is 0 Å². The van der Waals surface area contributed by atoms with Gasteiger partial charge >= 0.3 is 6.03 Å². The number of rotatable bonds is 9. The summed E-state index contributed by atoms with van der Waals surface area (Å²) >= 11 is 0. The Morgan fingerprint density at radius 3 is 2.42 bits per heavy atom. The monoisotopic (exact) mass is 429 g/mol. The van der Waals surface area contributed by atoms with Crippen molar-refractivity contribution in [3.63, 3.8) is 0 Å². The number of methoxy groups -OCH3 is 2. The lowest BCUT2D eigenvalue weighted by Crippen LogP contribution is -2.41. The van der Waals surface area contributed by atoms with E-state index in [4.69, 9.17) is 9.47 Å². The van der Waals surface area contributed by atoms with Gasteiger partial charge in [-0.05, 0) is 30.5 Å². The summed E-state index contributed by atoms with van der Waals surface area (Å²) in [5.41, 5.74) is 0.764. The minimum absolute atomic E-state index is 0.0367. The molecule has 3 rings (SSSR count). The number of carbonyl (C=O) groups is 2. The molecule has 1 unspecified atom stereocenters. The Morgan fingerprint density at radius 2 is 1.84 bits per heavy atom. The Bertz CT molecular complexity index is 870. The first-order valence-electron chi connectivity index (χ1n) is 10.5. The van der Waals surface area contributed by atoms with E-state index in [0.29, 0.717) is 17.3 Å². The number of benzene rings is 1. The van der Waals surface area contributed by atoms with Gasteiger partial charge in [-0.25, -0.2) is 9.78 Å². The van der Waals surface area contributed by atoms with Crippen molar-refractivity contribution in [1.29, 1.82) is 0 Å². The van der Waals surface area contributed by atoms with Crippen LogP contribution in [0.4, 0.5) is 4.79 Å². The molecule has 31 heavy (non-hydrogen) atoms. The van der Waals surface area contributed by atoms with Crippen LogP contribution >= 0.6 is 0 Å². The molecule has 1 fully saturated rings. The van der Waals surface area contributed by atoms with E-state index in [-0.39, 0.29) is 30.9 Å². The number of carbonyl (C=O) groups excluding carboxylic acids is 2. The van der Waals surface area contributed by atoms with Gasteiger partial charge in [0.1, 0.15) is 23.4 Å². The number of hydrogen-bond acceptors (Lipinski definition) is 5. The fourth-order valence-electron chi connectivity index (χ4n) is 3.79. The van der Waals surface area contributed by atoms with Crippen molar-refractivity contribution in [2.45, 2.75) is 44.2 Å². The number of nitrogens with zero attached hydrogens (tertiary/aromatic N) is 2. The zero-order valence-electron chi connectivity index (χ0n) is 18.3. The number of aromatic nitrogens is 2. The average molecular weight is 430 g/mol. The highest BCUT2D eigenvalue weighted by Crippen LogP contribution is 2.29. The van der Waals surface area contributed by atoms with E-state index in [2.05, 4.69) is 20.9 Å². The van der Waals surface area contributed by atoms with Crippen LogP contribution in [-0.2, 0) is 11.8 Å². The molecular formula is C22H31N5O4. The third-order valence-corrected chi connectivity index (χ3v) is 5.46. The third kappa shape index (κ3) is 6.13. The largest absolute Gasteiger partial charge is 0.497 e. The van der Waals surface area contributed by atoms with Crippen LogP contribution in [0.5, 0.6) is 11.5 Å². The van der Waals surface area contributed by atoms with Crippen molar-refractivity contribution in [3.05, 3.63) is 42.0 Å². The topological polar surface area (TPSA) is 107 Å². The molecule has 1 aliphatic carbocycles. The predicted octanol–water partition coefficient (Wildman–Crippen LogP) is 2.27. The maximum Gasteiger partial charge on any atom is 0.315 e. The van der Waals surface area contributed by atoms with Gasteiger partial charge in [0.05, 0.1) is 14.2 Å². The fraction of sp³-hybridized carbons (Fsp3) is 0.500. The molecule has 0 spiro atoms. The van der Waals surface area contributed by atoms with Gasteiger partial charge in [-0.15, -0.1) is 0 Å². The standard InChI is InChI=1S/C22H31N5O4/c1-27-11-10-23-21(27)20(15-12-17(30-2)14-18(13-15)31-3)26-22(29)24-9-8-19(28)25-16-6-4-5-7-16/h10-14,16,20H,4-9H2,1-3H3,(H,25,28)(H2,24,26,29). The molecule has 1 aromatic carbocycles. The molecule has 9 heteroatoms. The molecule has 0 aliphatic heterocycles. The number of amides is 3. The van der Waals surface area contributed by atoms with Gasteiger partial charge in [0.2, 0.25) is 5.91 Å². The van der Waals surface area contributed by atoms with Gasteiger partial charge < -0.3 is 30.0 Å². The molecular weight excluding hydrogens is 398 g/mol. The van der Waals surface area contributed by atoms with Gasteiger partial charge in [-0.3, -0.25) is 4.79 Å². The highest BCUT2D eigenvalue weighted by molar-refractivity contribution is 5.78. The van der Waals surface area contributed by atoms with E-state index in [1.807, 2.05) is 29.9 Å². The summed E-state index contributed by atoms with van der Waals surface area (Å²) < 4.78 is 12.6. The second-order valence-electron chi connectivity index (χ2n) is 7.67. The maximum atomic E-state index is 12.6. The molecule has 168 valence electrons. The SMILES string of the molecule is COc1cc(OC)cc(C(NC(=O)NCCC(=O)NC2CCCC2)c2nccn2C)c1. The van der Waals surface area contributed by atoms with Crippen LogP contribution in [0.3, 0.4) is 0 Å². The number of nitrogens with one attached hydrogen (secondary N) is 3. The molecule has 2 aromatic rings. The molecule has 9 nitrogen and oxygen atoms in total. The predicted molar refractivity (Wildman–Crippen MR) is 116 cm³/mol. The molecule has 0 saturated heterocycles. The first-order chi connectivity index (χ1) is 15.0. The summed E-state index contributed by atoms with van der Waals surface area (Å²) in [6.07, 6.45) is 8.12. The summed E-state index contributed by atoms with van der Waals surface area (Å²) in [4.78, 5) is 29.1. The summed E-state index contributed by atoms with van der Waals surface area (Å²) in [6.45, 7) is 0.249. The van der Waals surface area contributed by atoms with Gasteiger partial charge in [-0.1, -0.05) is 12.8 Å². The van der Waals surface area contributed by atoms with Crippen molar-refractivity contribution in [2.24, 2.45) is 7.05 Å².